The molecule has 0 bridgehead atoms. The number of nitrogens with zero attached hydrogens (tertiary/aromatic N) is 3. The van der Waals surface area contributed by atoms with E-state index in [4.69, 9.17) is 16.7 Å². The molecule has 0 spiro atoms. The fourth-order valence-corrected chi connectivity index (χ4v) is 1.50. The van der Waals surface area contributed by atoms with Gasteiger partial charge >= 0.3 is 0 Å². The lowest BCUT2D eigenvalue weighted by Gasteiger charge is -2.05. The third kappa shape index (κ3) is 1.92. The predicted molar refractivity (Wildman–Crippen MR) is 65.2 cm³/mol. The SMILES string of the molecule is Cc1ccc(-n2ncc(/C(N)=N/O)c2N)cc1. The van der Waals surface area contributed by atoms with E-state index in [1.165, 1.54) is 10.9 Å². The van der Waals surface area contributed by atoms with Crippen LogP contribution in [0.1, 0.15) is 11.1 Å². The summed E-state index contributed by atoms with van der Waals surface area (Å²) in [6.07, 6.45) is 1.46. The summed E-state index contributed by atoms with van der Waals surface area (Å²) < 4.78 is 1.53. The standard InChI is InChI=1S/C11H13N5O/c1-7-2-4-8(5-3-7)16-11(13)9(6-14-16)10(12)15-17/h2-6,17H,13H2,1H3,(H2,12,15). The second-order valence-electron chi connectivity index (χ2n) is 3.68. The molecule has 17 heavy (non-hydrogen) atoms. The van der Waals surface area contributed by atoms with Gasteiger partial charge in [-0.3, -0.25) is 0 Å². The quantitative estimate of drug-likeness (QED) is 0.308. The van der Waals surface area contributed by atoms with Crippen molar-refractivity contribution in [3.05, 3.63) is 41.6 Å². The third-order valence-corrected chi connectivity index (χ3v) is 2.47. The molecule has 0 aliphatic heterocycles. The Balaban J connectivity index is 2.47. The van der Waals surface area contributed by atoms with E-state index < -0.39 is 0 Å². The van der Waals surface area contributed by atoms with Crippen molar-refractivity contribution in [3.63, 3.8) is 0 Å². The number of nitrogen functional groups attached to an aromatic ring is 1. The van der Waals surface area contributed by atoms with E-state index >= 15 is 0 Å². The van der Waals surface area contributed by atoms with E-state index in [1.807, 2.05) is 31.2 Å². The van der Waals surface area contributed by atoms with Gasteiger partial charge in [0.05, 0.1) is 17.4 Å². The van der Waals surface area contributed by atoms with Crippen molar-refractivity contribution in [2.45, 2.75) is 6.92 Å². The molecule has 0 aliphatic carbocycles. The van der Waals surface area contributed by atoms with E-state index in [1.54, 1.807) is 0 Å². The van der Waals surface area contributed by atoms with Crippen molar-refractivity contribution < 1.29 is 5.21 Å². The van der Waals surface area contributed by atoms with Crippen LogP contribution in [0.3, 0.4) is 0 Å². The van der Waals surface area contributed by atoms with Crippen LogP contribution in [0.5, 0.6) is 0 Å². The maximum atomic E-state index is 8.60. The third-order valence-electron chi connectivity index (χ3n) is 2.47. The van der Waals surface area contributed by atoms with E-state index in [2.05, 4.69) is 10.3 Å². The number of benzene rings is 1. The van der Waals surface area contributed by atoms with Gasteiger partial charge in [-0.1, -0.05) is 22.9 Å². The number of hydrogen-bond donors (Lipinski definition) is 3. The topological polar surface area (TPSA) is 102 Å². The smallest absolute Gasteiger partial charge is 0.175 e. The van der Waals surface area contributed by atoms with Gasteiger partial charge in [-0.05, 0) is 19.1 Å². The Kier molecular flexibility index (Phi) is 2.70. The summed E-state index contributed by atoms with van der Waals surface area (Å²) in [5, 5.41) is 15.6. The van der Waals surface area contributed by atoms with Crippen molar-refractivity contribution in [2.24, 2.45) is 10.9 Å². The molecule has 1 aromatic carbocycles. The Labute approximate surface area is 98.1 Å². The van der Waals surface area contributed by atoms with Gasteiger partial charge < -0.3 is 16.7 Å². The zero-order chi connectivity index (χ0) is 12.4. The number of amidine groups is 1. The number of hydrogen-bond acceptors (Lipinski definition) is 4. The molecule has 6 heteroatoms. The van der Waals surface area contributed by atoms with Crippen LogP contribution in [-0.2, 0) is 0 Å². The van der Waals surface area contributed by atoms with Gasteiger partial charge in [0.2, 0.25) is 0 Å². The molecule has 0 saturated carbocycles. The molecule has 1 heterocycles. The molecule has 2 rings (SSSR count). The van der Waals surface area contributed by atoms with Gasteiger partial charge in [-0.25, -0.2) is 4.68 Å². The molecule has 0 saturated heterocycles. The largest absolute Gasteiger partial charge is 0.409 e. The maximum Gasteiger partial charge on any atom is 0.175 e. The van der Waals surface area contributed by atoms with Crippen molar-refractivity contribution in [1.82, 2.24) is 9.78 Å². The fourth-order valence-electron chi connectivity index (χ4n) is 1.50. The second kappa shape index (κ2) is 4.17. The molecular formula is C11H13N5O. The summed E-state index contributed by atoms with van der Waals surface area (Å²) >= 11 is 0. The molecule has 0 amide bonds. The van der Waals surface area contributed by atoms with E-state index in [0.717, 1.165) is 11.3 Å². The highest BCUT2D eigenvalue weighted by Gasteiger charge is 2.12. The molecule has 0 atom stereocenters. The molecule has 88 valence electrons. The first-order valence-electron chi connectivity index (χ1n) is 5.02. The van der Waals surface area contributed by atoms with Crippen LogP contribution >= 0.6 is 0 Å². The number of anilines is 1. The van der Waals surface area contributed by atoms with E-state index in [-0.39, 0.29) is 5.84 Å². The van der Waals surface area contributed by atoms with E-state index in [0.29, 0.717) is 11.4 Å². The minimum absolute atomic E-state index is 0.0548. The summed E-state index contributed by atoms with van der Waals surface area (Å²) in [5.41, 5.74) is 13.7. The monoisotopic (exact) mass is 231 g/mol. The van der Waals surface area contributed by atoms with Crippen molar-refractivity contribution in [3.8, 4) is 5.69 Å². The molecule has 1 aromatic heterocycles. The Hall–Kier alpha value is -2.50. The van der Waals surface area contributed by atoms with Crippen molar-refractivity contribution in [1.29, 1.82) is 0 Å². The minimum atomic E-state index is -0.0548. The van der Waals surface area contributed by atoms with Gasteiger partial charge in [-0.15, -0.1) is 0 Å². The molecule has 6 nitrogen and oxygen atoms in total. The van der Waals surface area contributed by atoms with Gasteiger partial charge in [0, 0.05) is 0 Å². The average molecular weight is 231 g/mol. The first-order valence-corrected chi connectivity index (χ1v) is 5.02. The van der Waals surface area contributed by atoms with Crippen LogP contribution in [0.4, 0.5) is 5.82 Å². The Bertz CT molecular complexity index is 556. The van der Waals surface area contributed by atoms with Crippen molar-refractivity contribution >= 4 is 11.7 Å². The zero-order valence-corrected chi connectivity index (χ0v) is 9.33. The van der Waals surface area contributed by atoms with Crippen LogP contribution in [0.15, 0.2) is 35.6 Å². The molecule has 0 unspecified atom stereocenters. The molecule has 5 N–H and O–H groups in total. The molecule has 2 aromatic rings. The lowest BCUT2D eigenvalue weighted by atomic mass is 10.2. The van der Waals surface area contributed by atoms with Gasteiger partial charge in [0.15, 0.2) is 5.84 Å². The normalized spacial score (nSPS) is 11.7. The highest BCUT2D eigenvalue weighted by atomic mass is 16.4. The van der Waals surface area contributed by atoms with Crippen LogP contribution in [0.25, 0.3) is 5.69 Å². The summed E-state index contributed by atoms with van der Waals surface area (Å²) in [7, 11) is 0. The van der Waals surface area contributed by atoms with Crippen LogP contribution in [0.2, 0.25) is 0 Å². The summed E-state index contributed by atoms with van der Waals surface area (Å²) in [5.74, 6) is 0.282. The fraction of sp³-hybridized carbons (Fsp3) is 0.0909. The van der Waals surface area contributed by atoms with Crippen LogP contribution in [-0.4, -0.2) is 20.8 Å². The number of aryl methyl sites for hydroxylation is 1. The van der Waals surface area contributed by atoms with Crippen molar-refractivity contribution in [2.75, 3.05) is 5.73 Å². The van der Waals surface area contributed by atoms with Gasteiger partial charge in [-0.2, -0.15) is 5.10 Å². The average Bonchev–Trinajstić information content (AvgIpc) is 2.71. The Morgan fingerprint density at radius 3 is 2.59 bits per heavy atom. The number of oxime groups is 1. The molecular weight excluding hydrogens is 218 g/mol. The summed E-state index contributed by atoms with van der Waals surface area (Å²) in [4.78, 5) is 0. The maximum absolute atomic E-state index is 8.60. The van der Waals surface area contributed by atoms with Gasteiger partial charge in [0.1, 0.15) is 5.82 Å². The lowest BCUT2D eigenvalue weighted by Crippen LogP contribution is -2.15. The molecule has 0 aliphatic rings. The summed E-state index contributed by atoms with van der Waals surface area (Å²) in [6.45, 7) is 2.00. The Morgan fingerprint density at radius 1 is 1.35 bits per heavy atom. The second-order valence-corrected chi connectivity index (χ2v) is 3.68. The minimum Gasteiger partial charge on any atom is -0.409 e. The van der Waals surface area contributed by atoms with Crippen LogP contribution in [0, 0.1) is 6.92 Å². The summed E-state index contributed by atoms with van der Waals surface area (Å²) in [6, 6.07) is 7.71. The number of rotatable bonds is 2. The van der Waals surface area contributed by atoms with E-state index in [9.17, 15) is 0 Å². The predicted octanol–water partition coefficient (Wildman–Crippen LogP) is 0.857. The van der Waals surface area contributed by atoms with Gasteiger partial charge in [0.25, 0.3) is 0 Å². The lowest BCUT2D eigenvalue weighted by molar-refractivity contribution is 0.318. The highest BCUT2D eigenvalue weighted by molar-refractivity contribution is 6.00. The highest BCUT2D eigenvalue weighted by Crippen LogP contribution is 2.17. The first kappa shape index (κ1) is 11.0. The first-order chi connectivity index (χ1) is 8.13. The molecule has 0 radical (unpaired) electrons. The number of nitrogens with two attached hydrogens (primary N) is 2. The zero-order valence-electron chi connectivity index (χ0n) is 9.33. The number of aromatic nitrogens is 2. The van der Waals surface area contributed by atoms with Crippen LogP contribution < -0.4 is 11.5 Å². The molecule has 0 fully saturated rings. The Morgan fingerprint density at radius 2 is 2.00 bits per heavy atom.